The topological polar surface area (TPSA) is 49.6 Å². The van der Waals surface area contributed by atoms with Crippen LogP contribution < -0.4 is 4.90 Å². The number of nitrogens with zero attached hydrogens (tertiary/aromatic N) is 3. The average molecular weight is 317 g/mol. The lowest BCUT2D eigenvalue weighted by Crippen LogP contribution is -2.49. The first-order valence-corrected chi connectivity index (χ1v) is 8.59. The van der Waals surface area contributed by atoms with Gasteiger partial charge in [0.15, 0.2) is 5.13 Å². The van der Waals surface area contributed by atoms with Crippen LogP contribution in [0.5, 0.6) is 0 Å². The number of furan rings is 1. The molecule has 5 nitrogen and oxygen atoms in total. The highest BCUT2D eigenvalue weighted by molar-refractivity contribution is 7.13. The zero-order chi connectivity index (χ0) is 15.1. The van der Waals surface area contributed by atoms with Gasteiger partial charge in [0.2, 0.25) is 5.91 Å². The summed E-state index contributed by atoms with van der Waals surface area (Å²) in [5.41, 5.74) is 1.07. The lowest BCUT2D eigenvalue weighted by molar-refractivity contribution is -0.133. The number of aryl methyl sites for hydroxylation is 1. The van der Waals surface area contributed by atoms with Crippen LogP contribution in [0.1, 0.15) is 23.8 Å². The number of hydrogen-bond acceptors (Lipinski definition) is 5. The molecule has 4 rings (SSSR count). The Morgan fingerprint density at radius 3 is 2.82 bits per heavy atom. The maximum Gasteiger partial charge on any atom is 0.226 e. The number of carbonyl (C=O) groups is 1. The van der Waals surface area contributed by atoms with Crippen molar-refractivity contribution in [2.24, 2.45) is 5.92 Å². The van der Waals surface area contributed by atoms with Gasteiger partial charge in [-0.05, 0) is 25.5 Å². The molecule has 2 aromatic heterocycles. The predicted molar refractivity (Wildman–Crippen MR) is 85.2 cm³/mol. The summed E-state index contributed by atoms with van der Waals surface area (Å²) in [6.07, 6.45) is 2.61. The maximum absolute atomic E-state index is 12.6. The van der Waals surface area contributed by atoms with Gasteiger partial charge in [0.1, 0.15) is 5.76 Å². The second kappa shape index (κ2) is 5.43. The number of piperazine rings is 1. The lowest BCUT2D eigenvalue weighted by atomic mass is 10.2. The highest BCUT2D eigenvalue weighted by atomic mass is 32.1. The van der Waals surface area contributed by atoms with E-state index in [4.69, 9.17) is 4.42 Å². The SMILES string of the molecule is Cc1csc(N2CCN(C(=O)[C@@H]3C[C@@H]3c3ccco3)CC2)n1. The summed E-state index contributed by atoms with van der Waals surface area (Å²) in [7, 11) is 0. The Morgan fingerprint density at radius 1 is 1.36 bits per heavy atom. The van der Waals surface area contributed by atoms with Gasteiger partial charge >= 0.3 is 0 Å². The number of thiazole rings is 1. The molecule has 116 valence electrons. The second-order valence-electron chi connectivity index (χ2n) is 6.05. The minimum Gasteiger partial charge on any atom is -0.469 e. The van der Waals surface area contributed by atoms with Crippen molar-refractivity contribution in [3.63, 3.8) is 0 Å². The molecular weight excluding hydrogens is 298 g/mol. The summed E-state index contributed by atoms with van der Waals surface area (Å²) in [6, 6.07) is 3.87. The van der Waals surface area contributed by atoms with E-state index in [1.807, 2.05) is 24.0 Å². The van der Waals surface area contributed by atoms with Gasteiger partial charge in [-0.25, -0.2) is 4.98 Å². The van der Waals surface area contributed by atoms with E-state index in [-0.39, 0.29) is 11.8 Å². The van der Waals surface area contributed by atoms with E-state index in [9.17, 15) is 4.79 Å². The molecule has 0 N–H and O–H groups in total. The molecule has 0 bridgehead atoms. The van der Waals surface area contributed by atoms with E-state index in [1.165, 1.54) is 0 Å². The molecule has 1 aliphatic carbocycles. The van der Waals surface area contributed by atoms with Crippen molar-refractivity contribution in [2.75, 3.05) is 31.1 Å². The number of aromatic nitrogens is 1. The minimum absolute atomic E-state index is 0.125. The third kappa shape index (κ3) is 2.52. The van der Waals surface area contributed by atoms with Gasteiger partial charge in [0, 0.05) is 43.4 Å². The number of carbonyl (C=O) groups excluding carboxylic acids is 1. The Labute approximate surface area is 133 Å². The first-order valence-electron chi connectivity index (χ1n) is 7.71. The average Bonchev–Trinajstić information content (AvgIpc) is 2.95. The van der Waals surface area contributed by atoms with Gasteiger partial charge in [-0.15, -0.1) is 11.3 Å². The zero-order valence-electron chi connectivity index (χ0n) is 12.6. The molecule has 3 heterocycles. The van der Waals surface area contributed by atoms with E-state index in [0.29, 0.717) is 5.92 Å². The lowest BCUT2D eigenvalue weighted by Gasteiger charge is -2.34. The number of rotatable bonds is 3. The molecule has 22 heavy (non-hydrogen) atoms. The highest BCUT2D eigenvalue weighted by Gasteiger charge is 2.47. The van der Waals surface area contributed by atoms with E-state index < -0.39 is 0 Å². The first-order chi connectivity index (χ1) is 10.7. The van der Waals surface area contributed by atoms with Crippen molar-refractivity contribution in [2.45, 2.75) is 19.3 Å². The van der Waals surface area contributed by atoms with Crippen LogP contribution in [0.25, 0.3) is 0 Å². The van der Waals surface area contributed by atoms with E-state index in [2.05, 4.69) is 15.3 Å². The summed E-state index contributed by atoms with van der Waals surface area (Å²) in [6.45, 7) is 5.34. The van der Waals surface area contributed by atoms with Gasteiger partial charge in [-0.2, -0.15) is 0 Å². The highest BCUT2D eigenvalue weighted by Crippen LogP contribution is 2.48. The van der Waals surface area contributed by atoms with Crippen molar-refractivity contribution < 1.29 is 9.21 Å². The Morgan fingerprint density at radius 2 is 2.18 bits per heavy atom. The smallest absolute Gasteiger partial charge is 0.226 e. The Hall–Kier alpha value is -1.82. The van der Waals surface area contributed by atoms with Crippen LogP contribution in [0, 0.1) is 12.8 Å². The van der Waals surface area contributed by atoms with Gasteiger partial charge in [0.05, 0.1) is 12.0 Å². The molecule has 0 aromatic carbocycles. The molecule has 2 aliphatic rings. The number of hydrogen-bond donors (Lipinski definition) is 0. The minimum atomic E-state index is 0.125. The fourth-order valence-electron chi connectivity index (χ4n) is 3.12. The molecule has 2 aromatic rings. The van der Waals surface area contributed by atoms with Gasteiger partial charge in [-0.3, -0.25) is 4.79 Å². The maximum atomic E-state index is 12.6. The van der Waals surface area contributed by atoms with Crippen molar-refractivity contribution in [3.8, 4) is 0 Å². The number of amides is 1. The van der Waals surface area contributed by atoms with Crippen LogP contribution in [0.2, 0.25) is 0 Å². The number of anilines is 1. The van der Waals surface area contributed by atoms with Gasteiger partial charge < -0.3 is 14.2 Å². The summed E-state index contributed by atoms with van der Waals surface area (Å²) in [5, 5.41) is 3.15. The largest absolute Gasteiger partial charge is 0.469 e. The standard InChI is InChI=1S/C16H19N3O2S/c1-11-10-22-16(17-11)19-6-4-18(5-7-19)15(20)13-9-12(13)14-3-2-8-21-14/h2-3,8,10,12-13H,4-7,9H2,1H3/t12-,13+/m0/s1. The fraction of sp³-hybridized carbons (Fsp3) is 0.500. The second-order valence-corrected chi connectivity index (χ2v) is 6.88. The third-order valence-electron chi connectivity index (χ3n) is 4.49. The Kier molecular flexibility index (Phi) is 3.41. The van der Waals surface area contributed by atoms with E-state index in [1.54, 1.807) is 17.6 Å². The zero-order valence-corrected chi connectivity index (χ0v) is 13.4. The van der Waals surface area contributed by atoms with Crippen LogP contribution in [0.3, 0.4) is 0 Å². The van der Waals surface area contributed by atoms with Gasteiger partial charge in [-0.1, -0.05) is 0 Å². The molecule has 2 fully saturated rings. The van der Waals surface area contributed by atoms with Crippen molar-refractivity contribution >= 4 is 22.4 Å². The fourth-order valence-corrected chi connectivity index (χ4v) is 3.98. The first kappa shape index (κ1) is 13.8. The molecule has 0 radical (unpaired) electrons. The summed E-state index contributed by atoms with van der Waals surface area (Å²) in [5.74, 6) is 1.66. The van der Waals surface area contributed by atoms with Crippen LogP contribution in [-0.2, 0) is 4.79 Å². The molecule has 6 heteroatoms. The molecule has 1 saturated carbocycles. The Balaban J connectivity index is 1.33. The quantitative estimate of drug-likeness (QED) is 0.873. The Bertz CT molecular complexity index is 659. The van der Waals surface area contributed by atoms with Crippen molar-refractivity contribution in [3.05, 3.63) is 35.2 Å². The third-order valence-corrected chi connectivity index (χ3v) is 5.50. The molecule has 1 amide bonds. The molecule has 2 atom stereocenters. The molecule has 0 spiro atoms. The van der Waals surface area contributed by atoms with Crippen LogP contribution in [0.15, 0.2) is 28.2 Å². The van der Waals surface area contributed by atoms with E-state index in [0.717, 1.165) is 49.2 Å². The monoisotopic (exact) mass is 317 g/mol. The normalized spacial score (nSPS) is 24.6. The van der Waals surface area contributed by atoms with Crippen molar-refractivity contribution in [1.29, 1.82) is 0 Å². The summed E-state index contributed by atoms with van der Waals surface area (Å²) < 4.78 is 5.42. The summed E-state index contributed by atoms with van der Waals surface area (Å²) >= 11 is 1.68. The van der Waals surface area contributed by atoms with Gasteiger partial charge in [0.25, 0.3) is 0 Å². The molecule has 0 unspecified atom stereocenters. The van der Waals surface area contributed by atoms with Crippen LogP contribution >= 0.6 is 11.3 Å². The van der Waals surface area contributed by atoms with E-state index >= 15 is 0 Å². The molecule has 1 aliphatic heterocycles. The summed E-state index contributed by atoms with van der Waals surface area (Å²) in [4.78, 5) is 21.4. The molecule has 1 saturated heterocycles. The van der Waals surface area contributed by atoms with Crippen LogP contribution in [0.4, 0.5) is 5.13 Å². The molecular formula is C16H19N3O2S. The van der Waals surface area contributed by atoms with Crippen molar-refractivity contribution in [1.82, 2.24) is 9.88 Å². The predicted octanol–water partition coefficient (Wildman–Crippen LogP) is 2.50. The van der Waals surface area contributed by atoms with Crippen LogP contribution in [-0.4, -0.2) is 42.0 Å².